The van der Waals surface area contributed by atoms with Gasteiger partial charge in [-0.3, -0.25) is 0 Å². The van der Waals surface area contributed by atoms with E-state index in [0.717, 1.165) is 13.0 Å². The summed E-state index contributed by atoms with van der Waals surface area (Å²) in [7, 11) is 0. The lowest BCUT2D eigenvalue weighted by Gasteiger charge is -2.39. The molecule has 0 spiro atoms. The SMILES string of the molecule is C[C@@]1(CCN)CCN1. The van der Waals surface area contributed by atoms with E-state index in [2.05, 4.69) is 12.2 Å². The van der Waals surface area contributed by atoms with Crippen LogP contribution in [-0.4, -0.2) is 18.6 Å². The maximum Gasteiger partial charge on any atom is 0.0177 e. The molecule has 0 unspecified atom stereocenters. The lowest BCUT2D eigenvalue weighted by molar-refractivity contribution is 0.220. The van der Waals surface area contributed by atoms with Crippen molar-refractivity contribution in [3.63, 3.8) is 0 Å². The molecular weight excluding hydrogens is 100 g/mol. The highest BCUT2D eigenvalue weighted by atomic mass is 15.0. The van der Waals surface area contributed by atoms with Crippen LogP contribution in [0.1, 0.15) is 19.8 Å². The minimum atomic E-state index is 0.398. The minimum Gasteiger partial charge on any atom is -0.330 e. The molecule has 0 radical (unpaired) electrons. The molecule has 3 N–H and O–H groups in total. The first kappa shape index (κ1) is 6.05. The van der Waals surface area contributed by atoms with Crippen LogP contribution in [0.4, 0.5) is 0 Å². The van der Waals surface area contributed by atoms with Gasteiger partial charge in [0, 0.05) is 5.54 Å². The molecule has 1 atom stereocenters. The van der Waals surface area contributed by atoms with Gasteiger partial charge in [0.25, 0.3) is 0 Å². The quantitative estimate of drug-likeness (QED) is 0.534. The highest BCUT2D eigenvalue weighted by Gasteiger charge is 2.29. The first-order chi connectivity index (χ1) is 3.77. The molecule has 2 nitrogen and oxygen atoms in total. The van der Waals surface area contributed by atoms with Crippen molar-refractivity contribution in [1.29, 1.82) is 0 Å². The Hall–Kier alpha value is -0.0800. The Morgan fingerprint density at radius 3 is 2.50 bits per heavy atom. The van der Waals surface area contributed by atoms with Crippen molar-refractivity contribution < 1.29 is 0 Å². The topological polar surface area (TPSA) is 38.0 Å². The minimum absolute atomic E-state index is 0.398. The van der Waals surface area contributed by atoms with Crippen LogP contribution >= 0.6 is 0 Å². The largest absolute Gasteiger partial charge is 0.330 e. The summed E-state index contributed by atoms with van der Waals surface area (Å²) in [5.74, 6) is 0. The molecule has 0 saturated carbocycles. The van der Waals surface area contributed by atoms with Crippen LogP contribution in [0, 0.1) is 0 Å². The van der Waals surface area contributed by atoms with Gasteiger partial charge in [0.2, 0.25) is 0 Å². The Labute approximate surface area is 50.4 Å². The number of hydrogen-bond acceptors (Lipinski definition) is 2. The predicted molar refractivity (Wildman–Crippen MR) is 34.7 cm³/mol. The Morgan fingerprint density at radius 2 is 2.38 bits per heavy atom. The van der Waals surface area contributed by atoms with E-state index in [-0.39, 0.29) is 0 Å². The van der Waals surface area contributed by atoms with Gasteiger partial charge in [-0.1, -0.05) is 0 Å². The normalized spacial score (nSPS) is 36.8. The summed E-state index contributed by atoms with van der Waals surface area (Å²) in [6.45, 7) is 4.21. The van der Waals surface area contributed by atoms with E-state index in [1.54, 1.807) is 0 Å². The molecule has 48 valence electrons. The Bertz CT molecular complexity index is 76.6. The number of hydrogen-bond donors (Lipinski definition) is 2. The Balaban J connectivity index is 2.20. The molecule has 1 rings (SSSR count). The monoisotopic (exact) mass is 114 g/mol. The van der Waals surface area contributed by atoms with Crippen LogP contribution in [0.3, 0.4) is 0 Å². The van der Waals surface area contributed by atoms with E-state index in [0.29, 0.717) is 5.54 Å². The molecule has 1 aliphatic heterocycles. The second-order valence-electron chi connectivity index (χ2n) is 2.78. The van der Waals surface area contributed by atoms with Crippen molar-refractivity contribution in [2.24, 2.45) is 5.73 Å². The average molecular weight is 114 g/mol. The molecule has 0 aromatic rings. The molecule has 0 amide bonds. The van der Waals surface area contributed by atoms with Crippen LogP contribution in [-0.2, 0) is 0 Å². The highest BCUT2D eigenvalue weighted by Crippen LogP contribution is 2.20. The lowest BCUT2D eigenvalue weighted by Crippen LogP contribution is -2.55. The standard InChI is InChI=1S/C6H14N2/c1-6(2-4-7)3-5-8-6/h8H,2-5,7H2,1H3/t6-/m1/s1. The second kappa shape index (κ2) is 2.03. The van der Waals surface area contributed by atoms with E-state index < -0.39 is 0 Å². The zero-order chi connectivity index (χ0) is 6.04. The molecule has 0 aromatic heterocycles. The van der Waals surface area contributed by atoms with Gasteiger partial charge < -0.3 is 11.1 Å². The van der Waals surface area contributed by atoms with Gasteiger partial charge in [0.05, 0.1) is 0 Å². The fourth-order valence-electron chi connectivity index (χ4n) is 1.08. The first-order valence-corrected chi connectivity index (χ1v) is 3.22. The van der Waals surface area contributed by atoms with Crippen LogP contribution in [0.15, 0.2) is 0 Å². The fraction of sp³-hybridized carbons (Fsp3) is 1.00. The first-order valence-electron chi connectivity index (χ1n) is 3.22. The molecule has 8 heavy (non-hydrogen) atoms. The van der Waals surface area contributed by atoms with Gasteiger partial charge in [0.1, 0.15) is 0 Å². The maximum absolute atomic E-state index is 5.38. The van der Waals surface area contributed by atoms with Gasteiger partial charge in [0.15, 0.2) is 0 Å². The molecular formula is C6H14N2. The summed E-state index contributed by atoms with van der Waals surface area (Å²) >= 11 is 0. The lowest BCUT2D eigenvalue weighted by atomic mass is 9.87. The second-order valence-corrected chi connectivity index (χ2v) is 2.78. The maximum atomic E-state index is 5.38. The molecule has 1 aliphatic rings. The zero-order valence-corrected chi connectivity index (χ0v) is 5.41. The van der Waals surface area contributed by atoms with E-state index in [1.165, 1.54) is 13.0 Å². The molecule has 1 fully saturated rings. The van der Waals surface area contributed by atoms with Crippen molar-refractivity contribution >= 4 is 0 Å². The molecule has 1 saturated heterocycles. The van der Waals surface area contributed by atoms with Crippen molar-refractivity contribution in [3.8, 4) is 0 Å². The summed E-state index contributed by atoms with van der Waals surface area (Å²) in [4.78, 5) is 0. The van der Waals surface area contributed by atoms with E-state index >= 15 is 0 Å². The average Bonchev–Trinajstić information content (AvgIpc) is 1.64. The van der Waals surface area contributed by atoms with Gasteiger partial charge >= 0.3 is 0 Å². The summed E-state index contributed by atoms with van der Waals surface area (Å²) in [5.41, 5.74) is 5.78. The van der Waals surface area contributed by atoms with Crippen molar-refractivity contribution in [2.45, 2.75) is 25.3 Å². The summed E-state index contributed by atoms with van der Waals surface area (Å²) in [6.07, 6.45) is 2.41. The van der Waals surface area contributed by atoms with Crippen LogP contribution in [0.2, 0.25) is 0 Å². The van der Waals surface area contributed by atoms with Crippen molar-refractivity contribution in [3.05, 3.63) is 0 Å². The molecule has 2 heteroatoms. The van der Waals surface area contributed by atoms with Crippen LogP contribution in [0.5, 0.6) is 0 Å². The highest BCUT2D eigenvalue weighted by molar-refractivity contribution is 4.91. The third-order valence-electron chi connectivity index (χ3n) is 1.92. The zero-order valence-electron chi connectivity index (χ0n) is 5.41. The van der Waals surface area contributed by atoms with E-state index in [4.69, 9.17) is 5.73 Å². The smallest absolute Gasteiger partial charge is 0.0177 e. The molecule has 0 bridgehead atoms. The van der Waals surface area contributed by atoms with Crippen molar-refractivity contribution in [2.75, 3.05) is 13.1 Å². The summed E-state index contributed by atoms with van der Waals surface area (Å²) < 4.78 is 0. The fourth-order valence-corrected chi connectivity index (χ4v) is 1.08. The Morgan fingerprint density at radius 1 is 1.75 bits per heavy atom. The number of rotatable bonds is 2. The van der Waals surface area contributed by atoms with Crippen LogP contribution < -0.4 is 11.1 Å². The summed E-state index contributed by atoms with van der Waals surface area (Å²) in [5, 5.41) is 3.34. The third kappa shape index (κ3) is 1.01. The number of nitrogens with one attached hydrogen (secondary N) is 1. The van der Waals surface area contributed by atoms with Gasteiger partial charge in [-0.05, 0) is 32.9 Å². The van der Waals surface area contributed by atoms with Gasteiger partial charge in [-0.25, -0.2) is 0 Å². The van der Waals surface area contributed by atoms with E-state index in [1.807, 2.05) is 0 Å². The third-order valence-corrected chi connectivity index (χ3v) is 1.92. The summed E-state index contributed by atoms with van der Waals surface area (Å²) in [6, 6.07) is 0. The molecule has 0 aromatic carbocycles. The predicted octanol–water partition coefficient (Wildman–Crippen LogP) is 0.0872. The van der Waals surface area contributed by atoms with E-state index in [9.17, 15) is 0 Å². The Kier molecular flexibility index (Phi) is 1.54. The molecule has 1 heterocycles. The van der Waals surface area contributed by atoms with Crippen LogP contribution in [0.25, 0.3) is 0 Å². The molecule has 0 aliphatic carbocycles. The number of nitrogens with two attached hydrogens (primary N) is 1. The van der Waals surface area contributed by atoms with Gasteiger partial charge in [-0.2, -0.15) is 0 Å². The van der Waals surface area contributed by atoms with Gasteiger partial charge in [-0.15, -0.1) is 0 Å². The van der Waals surface area contributed by atoms with Crippen molar-refractivity contribution in [1.82, 2.24) is 5.32 Å².